The Kier molecular flexibility index (Phi) is 4.82. The molecule has 0 spiro atoms. The molecule has 1 aromatic heterocycles. The Balaban J connectivity index is 1.94. The Hall–Kier alpha value is -2.23. The molecule has 0 bridgehead atoms. The van der Waals surface area contributed by atoms with Gasteiger partial charge in [-0.3, -0.25) is 4.79 Å². The predicted molar refractivity (Wildman–Crippen MR) is 76.8 cm³/mol. The summed E-state index contributed by atoms with van der Waals surface area (Å²) in [4.78, 5) is 16.6. The first kappa shape index (κ1) is 14.2. The summed E-state index contributed by atoms with van der Waals surface area (Å²) >= 11 is 1.28. The van der Waals surface area contributed by atoms with Gasteiger partial charge < -0.3 is 11.1 Å². The van der Waals surface area contributed by atoms with Crippen molar-refractivity contribution >= 4 is 22.4 Å². The van der Waals surface area contributed by atoms with E-state index in [1.165, 1.54) is 23.5 Å². The summed E-state index contributed by atoms with van der Waals surface area (Å²) in [5.41, 5.74) is 6.01. The molecule has 0 radical (unpaired) electrons. The molecule has 2 rings (SSSR count). The van der Waals surface area contributed by atoms with E-state index < -0.39 is 0 Å². The van der Waals surface area contributed by atoms with Gasteiger partial charge in [0.1, 0.15) is 5.82 Å². The lowest BCUT2D eigenvalue weighted by atomic mass is 10.1. The number of carbonyl (C=O) groups is 1. The second kappa shape index (κ2) is 6.80. The van der Waals surface area contributed by atoms with Crippen molar-refractivity contribution in [2.75, 3.05) is 11.9 Å². The molecule has 0 aliphatic rings. The molecular formula is C14H12FN3OS. The number of carbonyl (C=O) groups excluding carboxylic acids is 1. The zero-order valence-corrected chi connectivity index (χ0v) is 11.3. The second-order valence-corrected chi connectivity index (χ2v) is 4.92. The smallest absolute Gasteiger partial charge is 0.230 e. The van der Waals surface area contributed by atoms with Crippen LogP contribution in [0.5, 0.6) is 0 Å². The fraction of sp³-hybridized carbons (Fsp3) is 0.143. The van der Waals surface area contributed by atoms with Crippen LogP contribution in [0.3, 0.4) is 0 Å². The first-order chi connectivity index (χ1) is 9.67. The van der Waals surface area contributed by atoms with E-state index in [1.807, 2.05) is 0 Å². The molecule has 1 heterocycles. The third kappa shape index (κ3) is 4.16. The summed E-state index contributed by atoms with van der Waals surface area (Å²) in [6, 6.07) is 5.81. The lowest BCUT2D eigenvalue weighted by Gasteiger charge is -2.01. The van der Waals surface area contributed by atoms with Gasteiger partial charge in [-0.05, 0) is 17.7 Å². The number of anilines is 1. The number of benzene rings is 1. The van der Waals surface area contributed by atoms with E-state index in [1.54, 1.807) is 18.3 Å². The molecule has 0 unspecified atom stereocenters. The largest absolute Gasteiger partial charge is 0.320 e. The number of thiazole rings is 1. The molecule has 0 aliphatic carbocycles. The number of rotatable bonds is 3. The standard InChI is InChI=1S/C14H12FN3OS/c15-11-5-3-10(4-6-11)8-13(19)18-14-17-9-12(20-14)2-1-7-16/h3-6,9H,7-8,16H2,(H,17,18,19). The molecule has 1 amide bonds. The van der Waals surface area contributed by atoms with Gasteiger partial charge in [0.05, 0.1) is 24.0 Å². The average molecular weight is 289 g/mol. The van der Waals surface area contributed by atoms with Crippen LogP contribution in [0.15, 0.2) is 30.5 Å². The summed E-state index contributed by atoms with van der Waals surface area (Å²) in [5, 5.41) is 3.16. The monoisotopic (exact) mass is 289 g/mol. The SMILES string of the molecule is NCC#Cc1cnc(NC(=O)Cc2ccc(F)cc2)s1. The van der Waals surface area contributed by atoms with Gasteiger partial charge in [-0.15, -0.1) is 0 Å². The minimum Gasteiger partial charge on any atom is -0.320 e. The summed E-state index contributed by atoms with van der Waals surface area (Å²) in [6.07, 6.45) is 1.75. The van der Waals surface area contributed by atoms with Crippen molar-refractivity contribution in [1.29, 1.82) is 0 Å². The van der Waals surface area contributed by atoms with E-state index in [-0.39, 0.29) is 24.7 Å². The molecule has 0 saturated heterocycles. The van der Waals surface area contributed by atoms with Gasteiger partial charge in [-0.25, -0.2) is 9.37 Å². The van der Waals surface area contributed by atoms with Crippen molar-refractivity contribution in [2.24, 2.45) is 5.73 Å². The summed E-state index contributed by atoms with van der Waals surface area (Å²) in [7, 11) is 0. The van der Waals surface area contributed by atoms with Crippen LogP contribution in [-0.4, -0.2) is 17.4 Å². The Morgan fingerprint density at radius 2 is 2.15 bits per heavy atom. The minimum absolute atomic E-state index is 0.170. The van der Waals surface area contributed by atoms with Gasteiger partial charge in [-0.2, -0.15) is 0 Å². The van der Waals surface area contributed by atoms with Crippen LogP contribution < -0.4 is 11.1 Å². The molecule has 0 saturated carbocycles. The molecule has 1 aromatic carbocycles. The number of amides is 1. The molecule has 2 aromatic rings. The van der Waals surface area contributed by atoms with Crippen LogP contribution in [0.25, 0.3) is 0 Å². The van der Waals surface area contributed by atoms with E-state index in [2.05, 4.69) is 22.1 Å². The molecule has 6 heteroatoms. The number of aromatic nitrogens is 1. The molecule has 4 nitrogen and oxygen atoms in total. The number of hydrogen-bond acceptors (Lipinski definition) is 4. The van der Waals surface area contributed by atoms with Gasteiger partial charge >= 0.3 is 0 Å². The van der Waals surface area contributed by atoms with Gasteiger partial charge in [0.15, 0.2) is 5.13 Å². The maximum Gasteiger partial charge on any atom is 0.230 e. The first-order valence-electron chi connectivity index (χ1n) is 5.86. The van der Waals surface area contributed by atoms with Crippen LogP contribution in [0, 0.1) is 17.7 Å². The number of hydrogen-bond donors (Lipinski definition) is 2. The molecule has 0 atom stereocenters. The Morgan fingerprint density at radius 3 is 2.85 bits per heavy atom. The van der Waals surface area contributed by atoms with E-state index in [0.29, 0.717) is 5.13 Å². The maximum atomic E-state index is 12.7. The third-order valence-electron chi connectivity index (χ3n) is 2.34. The molecule has 20 heavy (non-hydrogen) atoms. The number of nitrogens with zero attached hydrogens (tertiary/aromatic N) is 1. The van der Waals surface area contributed by atoms with Crippen molar-refractivity contribution in [2.45, 2.75) is 6.42 Å². The van der Waals surface area contributed by atoms with E-state index in [0.717, 1.165) is 10.4 Å². The van der Waals surface area contributed by atoms with Gasteiger partial charge in [-0.1, -0.05) is 35.3 Å². The van der Waals surface area contributed by atoms with Gasteiger partial charge in [0, 0.05) is 0 Å². The molecular weight excluding hydrogens is 277 g/mol. The van der Waals surface area contributed by atoms with Crippen LogP contribution in [0.4, 0.5) is 9.52 Å². The van der Waals surface area contributed by atoms with E-state index in [9.17, 15) is 9.18 Å². The quantitative estimate of drug-likeness (QED) is 0.846. The Morgan fingerprint density at radius 1 is 1.40 bits per heavy atom. The van der Waals surface area contributed by atoms with Gasteiger partial charge in [0.25, 0.3) is 0 Å². The maximum absolute atomic E-state index is 12.7. The van der Waals surface area contributed by atoms with Crippen LogP contribution in [0.1, 0.15) is 10.4 Å². The first-order valence-corrected chi connectivity index (χ1v) is 6.68. The fourth-order valence-corrected chi connectivity index (χ4v) is 2.19. The minimum atomic E-state index is -0.322. The van der Waals surface area contributed by atoms with E-state index in [4.69, 9.17) is 5.73 Å². The highest BCUT2D eigenvalue weighted by molar-refractivity contribution is 7.16. The van der Waals surface area contributed by atoms with Crippen molar-refractivity contribution in [3.05, 3.63) is 46.7 Å². The Bertz CT molecular complexity index is 655. The molecule has 0 aliphatic heterocycles. The predicted octanol–water partition coefficient (Wildman–Crippen LogP) is 1.77. The van der Waals surface area contributed by atoms with Crippen molar-refractivity contribution in [3.8, 4) is 11.8 Å². The zero-order valence-electron chi connectivity index (χ0n) is 10.5. The highest BCUT2D eigenvalue weighted by Crippen LogP contribution is 2.17. The topological polar surface area (TPSA) is 68.0 Å². The summed E-state index contributed by atoms with van der Waals surface area (Å²) < 4.78 is 12.7. The van der Waals surface area contributed by atoms with Crippen molar-refractivity contribution in [1.82, 2.24) is 4.98 Å². The lowest BCUT2D eigenvalue weighted by Crippen LogP contribution is -2.14. The Labute approximate surface area is 119 Å². The fourth-order valence-electron chi connectivity index (χ4n) is 1.48. The second-order valence-electron chi connectivity index (χ2n) is 3.89. The van der Waals surface area contributed by atoms with Crippen molar-refractivity contribution in [3.63, 3.8) is 0 Å². The zero-order chi connectivity index (χ0) is 14.4. The lowest BCUT2D eigenvalue weighted by molar-refractivity contribution is -0.115. The highest BCUT2D eigenvalue weighted by atomic mass is 32.1. The van der Waals surface area contributed by atoms with Crippen LogP contribution in [-0.2, 0) is 11.2 Å². The highest BCUT2D eigenvalue weighted by Gasteiger charge is 2.07. The third-order valence-corrected chi connectivity index (χ3v) is 3.17. The van der Waals surface area contributed by atoms with Crippen molar-refractivity contribution < 1.29 is 9.18 Å². The number of halogens is 1. The number of nitrogens with two attached hydrogens (primary N) is 1. The van der Waals surface area contributed by atoms with E-state index >= 15 is 0 Å². The molecule has 0 fully saturated rings. The molecule has 3 N–H and O–H groups in total. The van der Waals surface area contributed by atoms with Gasteiger partial charge in [0.2, 0.25) is 5.91 Å². The summed E-state index contributed by atoms with van der Waals surface area (Å²) in [5.74, 6) is 5.03. The molecule has 102 valence electrons. The average Bonchev–Trinajstić information content (AvgIpc) is 2.86. The van der Waals surface area contributed by atoms with Crippen LogP contribution >= 0.6 is 11.3 Å². The number of nitrogens with one attached hydrogen (secondary N) is 1. The summed E-state index contributed by atoms with van der Waals surface area (Å²) in [6.45, 7) is 0.282. The van der Waals surface area contributed by atoms with Crippen LogP contribution in [0.2, 0.25) is 0 Å². The normalized spacial score (nSPS) is 9.70.